The van der Waals surface area contributed by atoms with E-state index in [1.807, 2.05) is 31.3 Å². The maximum absolute atomic E-state index is 12.6. The number of ether oxygens (including phenoxy) is 1. The molecule has 0 saturated carbocycles. The van der Waals surface area contributed by atoms with Gasteiger partial charge in [0.05, 0.1) is 37.6 Å². The molecule has 1 aromatic heterocycles. The smallest absolute Gasteiger partial charge is 0.255 e. The van der Waals surface area contributed by atoms with Crippen LogP contribution in [-0.2, 0) is 17.8 Å². The number of hydrogen-bond donors (Lipinski definition) is 0. The van der Waals surface area contributed by atoms with Crippen LogP contribution in [0.25, 0.3) is 0 Å². The van der Waals surface area contributed by atoms with E-state index in [9.17, 15) is 4.79 Å². The minimum absolute atomic E-state index is 0.0303. The molecular weight excluding hydrogens is 437 g/mol. The summed E-state index contributed by atoms with van der Waals surface area (Å²) in [5.74, 6) is 0.0303. The van der Waals surface area contributed by atoms with Crippen LogP contribution >= 0.6 is 33.9 Å². The number of amides is 1. The van der Waals surface area contributed by atoms with E-state index in [1.165, 1.54) is 0 Å². The van der Waals surface area contributed by atoms with Gasteiger partial charge in [0.15, 0.2) is 0 Å². The Labute approximate surface area is 159 Å². The number of benzene rings is 1. The maximum Gasteiger partial charge on any atom is 0.255 e. The third kappa shape index (κ3) is 4.53. The highest BCUT2D eigenvalue weighted by molar-refractivity contribution is 14.1. The lowest BCUT2D eigenvalue weighted by Crippen LogP contribution is -2.35. The molecule has 0 unspecified atom stereocenters. The van der Waals surface area contributed by atoms with Gasteiger partial charge in [0.2, 0.25) is 0 Å². The topological polar surface area (TPSA) is 45.7 Å². The normalized spacial score (nSPS) is 15.4. The molecule has 2 heterocycles. The number of carbonyl (C=O) groups excluding carboxylic acids is 1. The van der Waals surface area contributed by atoms with Gasteiger partial charge < -0.3 is 9.64 Å². The third-order valence-corrected chi connectivity index (χ3v) is 5.74. The summed E-state index contributed by atoms with van der Waals surface area (Å²) in [7, 11) is 1.83. The molecule has 2 aromatic rings. The molecule has 1 fully saturated rings. The highest BCUT2D eigenvalue weighted by Crippen LogP contribution is 2.17. The average molecular weight is 457 g/mol. The van der Waals surface area contributed by atoms with Crippen LogP contribution < -0.4 is 0 Å². The van der Waals surface area contributed by atoms with E-state index in [0.717, 1.165) is 52.7 Å². The van der Waals surface area contributed by atoms with Crippen LogP contribution in [0.3, 0.4) is 0 Å². The minimum Gasteiger partial charge on any atom is -0.379 e. The summed E-state index contributed by atoms with van der Waals surface area (Å²) in [6, 6.07) is 7.65. The summed E-state index contributed by atoms with van der Waals surface area (Å²) < 4.78 is 6.34. The Morgan fingerprint density at radius 2 is 2.12 bits per heavy atom. The number of hydrogen-bond acceptors (Lipinski definition) is 5. The zero-order chi connectivity index (χ0) is 16.9. The van der Waals surface area contributed by atoms with Crippen LogP contribution in [-0.4, -0.2) is 54.0 Å². The quantitative estimate of drug-likeness (QED) is 0.648. The van der Waals surface area contributed by atoms with Gasteiger partial charge in [0.25, 0.3) is 5.91 Å². The second-order valence-corrected chi connectivity index (χ2v) is 7.87. The van der Waals surface area contributed by atoms with Crippen LogP contribution in [0, 0.1) is 3.57 Å². The van der Waals surface area contributed by atoms with E-state index >= 15 is 0 Å². The molecule has 1 saturated heterocycles. The molecule has 1 aliphatic rings. The van der Waals surface area contributed by atoms with Gasteiger partial charge in [-0.1, -0.05) is 12.1 Å². The molecule has 5 nitrogen and oxygen atoms in total. The molecule has 0 bridgehead atoms. The predicted molar refractivity (Wildman–Crippen MR) is 103 cm³/mol. The molecule has 7 heteroatoms. The van der Waals surface area contributed by atoms with Crippen molar-refractivity contribution in [1.82, 2.24) is 14.8 Å². The standard InChI is InChI=1S/C17H20IN3O2S/c1-20(17(22)14-4-2-3-5-15(14)18)10-13-12-24-16(19-13)11-21-6-8-23-9-7-21/h2-5,12H,6-11H2,1H3. The Kier molecular flexibility index (Phi) is 6.20. The molecule has 1 aromatic carbocycles. The van der Waals surface area contributed by atoms with Crippen molar-refractivity contribution in [1.29, 1.82) is 0 Å². The van der Waals surface area contributed by atoms with E-state index in [0.29, 0.717) is 6.54 Å². The SMILES string of the molecule is CN(Cc1csc(CN2CCOCC2)n1)C(=O)c1ccccc1I. The summed E-state index contributed by atoms with van der Waals surface area (Å²) in [4.78, 5) is 21.3. The van der Waals surface area contributed by atoms with Crippen molar-refractivity contribution in [2.75, 3.05) is 33.4 Å². The van der Waals surface area contributed by atoms with Crippen LogP contribution in [0.15, 0.2) is 29.6 Å². The summed E-state index contributed by atoms with van der Waals surface area (Å²) in [5.41, 5.74) is 1.69. The van der Waals surface area contributed by atoms with E-state index in [-0.39, 0.29) is 5.91 Å². The number of carbonyl (C=O) groups is 1. The van der Waals surface area contributed by atoms with Crippen molar-refractivity contribution in [3.8, 4) is 0 Å². The number of thiazole rings is 1. The molecule has 0 radical (unpaired) electrons. The number of rotatable bonds is 5. The summed E-state index contributed by atoms with van der Waals surface area (Å²) >= 11 is 3.86. The van der Waals surface area contributed by atoms with Gasteiger partial charge in [-0.3, -0.25) is 9.69 Å². The van der Waals surface area contributed by atoms with E-state index in [2.05, 4.69) is 37.9 Å². The van der Waals surface area contributed by atoms with E-state index in [4.69, 9.17) is 4.74 Å². The highest BCUT2D eigenvalue weighted by Gasteiger charge is 2.17. The van der Waals surface area contributed by atoms with Gasteiger partial charge in [-0.2, -0.15) is 0 Å². The Morgan fingerprint density at radius 3 is 2.88 bits per heavy atom. The van der Waals surface area contributed by atoms with Gasteiger partial charge >= 0.3 is 0 Å². The largest absolute Gasteiger partial charge is 0.379 e. The first-order valence-electron chi connectivity index (χ1n) is 7.87. The Hall–Kier alpha value is -1.03. The maximum atomic E-state index is 12.6. The van der Waals surface area contributed by atoms with Crippen LogP contribution in [0.1, 0.15) is 21.1 Å². The second kappa shape index (κ2) is 8.37. The predicted octanol–water partition coefficient (Wildman–Crippen LogP) is 2.85. The summed E-state index contributed by atoms with van der Waals surface area (Å²) in [5, 5.41) is 3.15. The molecule has 0 N–H and O–H groups in total. The fourth-order valence-corrected chi connectivity index (χ4v) is 4.04. The van der Waals surface area contributed by atoms with Gasteiger partial charge in [0.1, 0.15) is 5.01 Å². The lowest BCUT2D eigenvalue weighted by atomic mass is 10.2. The zero-order valence-electron chi connectivity index (χ0n) is 13.6. The summed E-state index contributed by atoms with van der Waals surface area (Å²) in [6.07, 6.45) is 0. The van der Waals surface area contributed by atoms with Gasteiger partial charge in [0, 0.05) is 29.1 Å². The van der Waals surface area contributed by atoms with Crippen LogP contribution in [0.5, 0.6) is 0 Å². The van der Waals surface area contributed by atoms with Crippen molar-refractivity contribution in [2.45, 2.75) is 13.1 Å². The average Bonchev–Trinajstić information content (AvgIpc) is 3.02. The first-order valence-corrected chi connectivity index (χ1v) is 9.82. The molecule has 24 heavy (non-hydrogen) atoms. The highest BCUT2D eigenvalue weighted by atomic mass is 127. The van der Waals surface area contributed by atoms with E-state index < -0.39 is 0 Å². The van der Waals surface area contributed by atoms with Crippen LogP contribution in [0.4, 0.5) is 0 Å². The molecule has 0 aliphatic carbocycles. The zero-order valence-corrected chi connectivity index (χ0v) is 16.5. The minimum atomic E-state index is 0.0303. The Bertz CT molecular complexity index is 701. The molecule has 0 spiro atoms. The second-order valence-electron chi connectivity index (χ2n) is 5.76. The molecule has 0 atom stereocenters. The number of nitrogens with zero attached hydrogens (tertiary/aromatic N) is 3. The number of aromatic nitrogens is 1. The fourth-order valence-electron chi connectivity index (χ4n) is 2.60. The van der Waals surface area contributed by atoms with Gasteiger partial charge in [-0.15, -0.1) is 11.3 Å². The lowest BCUT2D eigenvalue weighted by Gasteiger charge is -2.25. The van der Waals surface area contributed by atoms with Crippen LogP contribution in [0.2, 0.25) is 0 Å². The molecule has 1 aliphatic heterocycles. The van der Waals surface area contributed by atoms with Crippen molar-refractivity contribution in [2.24, 2.45) is 0 Å². The van der Waals surface area contributed by atoms with E-state index in [1.54, 1.807) is 16.2 Å². The third-order valence-electron chi connectivity index (χ3n) is 3.91. The van der Waals surface area contributed by atoms with Gasteiger partial charge in [-0.25, -0.2) is 4.98 Å². The molecular formula is C17H20IN3O2S. The first-order chi connectivity index (χ1) is 11.6. The van der Waals surface area contributed by atoms with Gasteiger partial charge in [-0.05, 0) is 34.7 Å². The number of morpholine rings is 1. The molecule has 3 rings (SSSR count). The molecule has 1 amide bonds. The molecule has 128 valence electrons. The van der Waals surface area contributed by atoms with Crippen molar-refractivity contribution < 1.29 is 9.53 Å². The Balaban J connectivity index is 1.59. The summed E-state index contributed by atoms with van der Waals surface area (Å²) in [6.45, 7) is 4.90. The van der Waals surface area contributed by atoms with Crippen molar-refractivity contribution >= 4 is 39.8 Å². The fraction of sp³-hybridized carbons (Fsp3) is 0.412. The van der Waals surface area contributed by atoms with Crippen molar-refractivity contribution in [3.05, 3.63) is 49.5 Å². The Morgan fingerprint density at radius 1 is 1.38 bits per heavy atom. The van der Waals surface area contributed by atoms with Crippen molar-refractivity contribution in [3.63, 3.8) is 0 Å². The lowest BCUT2D eigenvalue weighted by molar-refractivity contribution is 0.0341. The monoisotopic (exact) mass is 457 g/mol. The first kappa shape index (κ1) is 17.8. The number of halogens is 1.